The zero-order valence-electron chi connectivity index (χ0n) is 9.37. The SMILES string of the molecule is COc1cc(NC(=O)c2csc(I)c2)ccc1F. The highest BCUT2D eigenvalue weighted by Crippen LogP contribution is 2.23. The quantitative estimate of drug-likeness (QED) is 0.828. The van der Waals surface area contributed by atoms with Crippen molar-refractivity contribution >= 4 is 45.5 Å². The van der Waals surface area contributed by atoms with Gasteiger partial charge in [0.25, 0.3) is 5.91 Å². The summed E-state index contributed by atoms with van der Waals surface area (Å²) in [5.41, 5.74) is 1.09. The van der Waals surface area contributed by atoms with Crippen LogP contribution in [0.25, 0.3) is 0 Å². The second-order valence-corrected chi connectivity index (χ2v) is 6.25. The van der Waals surface area contributed by atoms with Crippen LogP contribution in [0.5, 0.6) is 5.75 Å². The molecule has 0 aliphatic carbocycles. The van der Waals surface area contributed by atoms with E-state index in [2.05, 4.69) is 27.9 Å². The number of halogens is 2. The van der Waals surface area contributed by atoms with Gasteiger partial charge in [-0.05, 0) is 40.8 Å². The normalized spacial score (nSPS) is 10.2. The zero-order chi connectivity index (χ0) is 13.1. The lowest BCUT2D eigenvalue weighted by molar-refractivity contribution is 0.102. The average molecular weight is 377 g/mol. The first-order chi connectivity index (χ1) is 8.60. The fraction of sp³-hybridized carbons (Fsp3) is 0.0833. The second-order valence-electron chi connectivity index (χ2n) is 3.44. The maximum atomic E-state index is 13.2. The molecule has 0 bridgehead atoms. The molecule has 18 heavy (non-hydrogen) atoms. The van der Waals surface area contributed by atoms with Crippen molar-refractivity contribution < 1.29 is 13.9 Å². The Balaban J connectivity index is 2.16. The largest absolute Gasteiger partial charge is 0.494 e. The maximum Gasteiger partial charge on any atom is 0.256 e. The number of thiophene rings is 1. The predicted octanol–water partition coefficient (Wildman–Crippen LogP) is 3.75. The number of ether oxygens (including phenoxy) is 1. The van der Waals surface area contributed by atoms with Crippen LogP contribution in [0.3, 0.4) is 0 Å². The van der Waals surface area contributed by atoms with E-state index in [1.54, 1.807) is 11.4 Å². The first-order valence-corrected chi connectivity index (χ1v) is 6.95. The molecule has 0 aliphatic heterocycles. The van der Waals surface area contributed by atoms with Crippen molar-refractivity contribution in [3.05, 3.63) is 43.9 Å². The Morgan fingerprint density at radius 1 is 1.44 bits per heavy atom. The second kappa shape index (κ2) is 5.66. The van der Waals surface area contributed by atoms with E-state index < -0.39 is 5.82 Å². The van der Waals surface area contributed by atoms with Crippen LogP contribution in [0, 0.1) is 8.70 Å². The maximum absolute atomic E-state index is 13.2. The average Bonchev–Trinajstić information content (AvgIpc) is 2.78. The van der Waals surface area contributed by atoms with Crippen LogP contribution in [0.1, 0.15) is 10.4 Å². The van der Waals surface area contributed by atoms with E-state index in [1.165, 1.54) is 36.6 Å². The summed E-state index contributed by atoms with van der Waals surface area (Å²) in [6, 6.07) is 5.99. The molecule has 94 valence electrons. The zero-order valence-corrected chi connectivity index (χ0v) is 12.3. The lowest BCUT2D eigenvalue weighted by Crippen LogP contribution is -2.11. The van der Waals surface area contributed by atoms with Crippen LogP contribution in [0.4, 0.5) is 10.1 Å². The molecule has 1 heterocycles. The van der Waals surface area contributed by atoms with E-state index in [0.29, 0.717) is 11.3 Å². The molecule has 1 N–H and O–H groups in total. The molecule has 0 unspecified atom stereocenters. The number of carbonyl (C=O) groups excluding carboxylic acids is 1. The Hall–Kier alpha value is -1.15. The molecule has 0 spiro atoms. The lowest BCUT2D eigenvalue weighted by atomic mass is 10.2. The van der Waals surface area contributed by atoms with Crippen LogP contribution in [-0.2, 0) is 0 Å². The van der Waals surface area contributed by atoms with Crippen molar-refractivity contribution in [2.45, 2.75) is 0 Å². The molecule has 1 amide bonds. The van der Waals surface area contributed by atoms with Gasteiger partial charge in [0.2, 0.25) is 0 Å². The summed E-state index contributed by atoms with van der Waals surface area (Å²) >= 11 is 3.64. The topological polar surface area (TPSA) is 38.3 Å². The summed E-state index contributed by atoms with van der Waals surface area (Å²) in [4.78, 5) is 11.9. The highest BCUT2D eigenvalue weighted by molar-refractivity contribution is 14.1. The van der Waals surface area contributed by atoms with Crippen LogP contribution in [0.15, 0.2) is 29.6 Å². The minimum Gasteiger partial charge on any atom is -0.494 e. The van der Waals surface area contributed by atoms with E-state index in [1.807, 2.05) is 0 Å². The van der Waals surface area contributed by atoms with Crippen molar-refractivity contribution in [1.82, 2.24) is 0 Å². The number of hydrogen-bond acceptors (Lipinski definition) is 3. The monoisotopic (exact) mass is 377 g/mol. The molecule has 0 radical (unpaired) electrons. The summed E-state index contributed by atoms with van der Waals surface area (Å²) in [6.07, 6.45) is 0. The van der Waals surface area contributed by atoms with Gasteiger partial charge in [0.1, 0.15) is 0 Å². The van der Waals surface area contributed by atoms with E-state index in [0.717, 1.165) is 2.88 Å². The molecule has 0 fully saturated rings. The van der Waals surface area contributed by atoms with Crippen molar-refractivity contribution in [3.63, 3.8) is 0 Å². The molecular weight excluding hydrogens is 368 g/mol. The fourth-order valence-electron chi connectivity index (χ4n) is 1.37. The smallest absolute Gasteiger partial charge is 0.256 e. The molecule has 3 nitrogen and oxygen atoms in total. The first kappa shape index (κ1) is 13.3. The van der Waals surface area contributed by atoms with Gasteiger partial charge in [-0.25, -0.2) is 4.39 Å². The molecule has 1 aromatic carbocycles. The van der Waals surface area contributed by atoms with E-state index in [9.17, 15) is 9.18 Å². The molecular formula is C12H9FINO2S. The third kappa shape index (κ3) is 2.99. The van der Waals surface area contributed by atoms with Crippen molar-refractivity contribution in [3.8, 4) is 5.75 Å². The predicted molar refractivity (Wildman–Crippen MR) is 77.9 cm³/mol. The van der Waals surface area contributed by atoms with Crippen molar-refractivity contribution in [2.75, 3.05) is 12.4 Å². The first-order valence-electron chi connectivity index (χ1n) is 4.99. The minimum atomic E-state index is -0.458. The van der Waals surface area contributed by atoms with Crippen LogP contribution in [0.2, 0.25) is 0 Å². The number of hydrogen-bond donors (Lipinski definition) is 1. The van der Waals surface area contributed by atoms with Crippen molar-refractivity contribution in [2.24, 2.45) is 0 Å². The van der Waals surface area contributed by atoms with Gasteiger partial charge in [-0.2, -0.15) is 0 Å². The van der Waals surface area contributed by atoms with Gasteiger partial charge < -0.3 is 10.1 Å². The lowest BCUT2D eigenvalue weighted by Gasteiger charge is -2.06. The Morgan fingerprint density at radius 2 is 2.22 bits per heavy atom. The van der Waals surface area contributed by atoms with Crippen LogP contribution < -0.4 is 10.1 Å². The highest BCUT2D eigenvalue weighted by atomic mass is 127. The van der Waals surface area contributed by atoms with Gasteiger partial charge in [-0.15, -0.1) is 11.3 Å². The van der Waals surface area contributed by atoms with E-state index in [-0.39, 0.29) is 11.7 Å². The summed E-state index contributed by atoms with van der Waals surface area (Å²) in [7, 11) is 1.38. The number of nitrogens with one attached hydrogen (secondary N) is 1. The Bertz CT molecular complexity index is 585. The molecule has 0 saturated carbocycles. The fourth-order valence-corrected chi connectivity index (χ4v) is 2.70. The molecule has 0 atom stereocenters. The minimum absolute atomic E-state index is 0.104. The van der Waals surface area contributed by atoms with Gasteiger partial charge >= 0.3 is 0 Å². The molecule has 0 aliphatic rings. The highest BCUT2D eigenvalue weighted by Gasteiger charge is 2.10. The Kier molecular flexibility index (Phi) is 4.18. The summed E-state index contributed by atoms with van der Waals surface area (Å²) in [5, 5.41) is 4.47. The third-order valence-electron chi connectivity index (χ3n) is 2.24. The van der Waals surface area contributed by atoms with Gasteiger partial charge in [0.15, 0.2) is 11.6 Å². The van der Waals surface area contributed by atoms with Gasteiger partial charge in [0, 0.05) is 17.1 Å². The standard InChI is InChI=1S/C12H9FINO2S/c1-17-10-5-8(2-3-9(10)13)15-12(16)7-4-11(14)18-6-7/h2-6H,1H3,(H,15,16). The van der Waals surface area contributed by atoms with Gasteiger partial charge in [-0.3, -0.25) is 4.79 Å². The molecule has 0 saturated heterocycles. The number of carbonyl (C=O) groups is 1. The molecule has 1 aromatic heterocycles. The van der Waals surface area contributed by atoms with Crippen LogP contribution >= 0.6 is 33.9 Å². The van der Waals surface area contributed by atoms with Gasteiger partial charge in [-0.1, -0.05) is 0 Å². The number of amides is 1. The third-order valence-corrected chi connectivity index (χ3v) is 4.03. The summed E-state index contributed by atoms with van der Waals surface area (Å²) in [6.45, 7) is 0. The molecule has 2 rings (SSSR count). The number of rotatable bonds is 3. The Labute approximate surface area is 121 Å². The Morgan fingerprint density at radius 3 is 2.83 bits per heavy atom. The van der Waals surface area contributed by atoms with E-state index in [4.69, 9.17) is 4.74 Å². The van der Waals surface area contributed by atoms with Crippen LogP contribution in [-0.4, -0.2) is 13.0 Å². The number of methoxy groups -OCH3 is 1. The molecule has 2 aromatic rings. The van der Waals surface area contributed by atoms with Crippen molar-refractivity contribution in [1.29, 1.82) is 0 Å². The number of anilines is 1. The van der Waals surface area contributed by atoms with E-state index >= 15 is 0 Å². The number of benzene rings is 1. The summed E-state index contributed by atoms with van der Waals surface area (Å²) < 4.78 is 19.1. The molecule has 6 heteroatoms. The summed E-state index contributed by atoms with van der Waals surface area (Å²) in [5.74, 6) is -0.573. The van der Waals surface area contributed by atoms with Gasteiger partial charge in [0.05, 0.1) is 15.6 Å².